The van der Waals surface area contributed by atoms with Crippen LogP contribution < -0.4 is 0 Å². The van der Waals surface area contributed by atoms with Crippen molar-refractivity contribution in [3.8, 4) is 6.07 Å². The molecule has 0 heterocycles. The highest BCUT2D eigenvalue weighted by Crippen LogP contribution is 2.23. The molecule has 0 aliphatic heterocycles. The minimum absolute atomic E-state index is 0.179. The van der Waals surface area contributed by atoms with E-state index in [2.05, 4.69) is 0 Å². The van der Waals surface area contributed by atoms with Crippen LogP contribution >= 0.6 is 0 Å². The molecule has 1 aliphatic carbocycles. The summed E-state index contributed by atoms with van der Waals surface area (Å²) >= 11 is 0. The van der Waals surface area contributed by atoms with Gasteiger partial charge in [-0.2, -0.15) is 5.26 Å². The lowest BCUT2D eigenvalue weighted by molar-refractivity contribution is 0.530. The van der Waals surface area contributed by atoms with Gasteiger partial charge in [0.05, 0.1) is 5.57 Å². The number of nitriles is 1. The van der Waals surface area contributed by atoms with Gasteiger partial charge >= 0.3 is 0 Å². The van der Waals surface area contributed by atoms with E-state index in [1.165, 1.54) is 0 Å². The Bertz CT molecular complexity index is 232. The average molecular weight is 137 g/mol. The summed E-state index contributed by atoms with van der Waals surface area (Å²) in [6.45, 7) is 1.92. The molecular formula is C8H8FN. The molecule has 10 heavy (non-hydrogen) atoms. The van der Waals surface area contributed by atoms with Crippen molar-refractivity contribution in [3.05, 3.63) is 23.6 Å². The third-order valence-corrected chi connectivity index (χ3v) is 1.51. The van der Waals surface area contributed by atoms with Crippen LogP contribution in [0.3, 0.4) is 0 Å². The Morgan fingerprint density at radius 2 is 2.50 bits per heavy atom. The van der Waals surface area contributed by atoms with E-state index in [0.717, 1.165) is 0 Å². The van der Waals surface area contributed by atoms with E-state index >= 15 is 0 Å². The molecule has 0 aromatic carbocycles. The maximum atomic E-state index is 12.7. The van der Waals surface area contributed by atoms with Gasteiger partial charge in [0.1, 0.15) is 11.9 Å². The maximum Gasteiger partial charge on any atom is 0.118 e. The van der Waals surface area contributed by atoms with Crippen molar-refractivity contribution in [2.45, 2.75) is 13.3 Å². The molecule has 0 spiro atoms. The lowest BCUT2D eigenvalue weighted by Crippen LogP contribution is -1.97. The van der Waals surface area contributed by atoms with Gasteiger partial charge in [-0.15, -0.1) is 0 Å². The first-order valence-electron chi connectivity index (χ1n) is 3.21. The molecule has 52 valence electrons. The number of hydrogen-bond donors (Lipinski definition) is 0. The van der Waals surface area contributed by atoms with Crippen molar-refractivity contribution in [1.82, 2.24) is 0 Å². The molecule has 0 unspecified atom stereocenters. The summed E-state index contributed by atoms with van der Waals surface area (Å²) in [5, 5.41) is 8.35. The number of hydrogen-bond acceptors (Lipinski definition) is 1. The molecular weight excluding hydrogens is 129 g/mol. The van der Waals surface area contributed by atoms with Crippen LogP contribution in [0, 0.1) is 17.2 Å². The van der Waals surface area contributed by atoms with Gasteiger partial charge in [0.15, 0.2) is 0 Å². The molecule has 1 atom stereocenters. The normalized spacial score (nSPS) is 24.7. The highest BCUT2D eigenvalue weighted by Gasteiger charge is 2.11. The van der Waals surface area contributed by atoms with Crippen LogP contribution in [0.5, 0.6) is 0 Å². The SMILES string of the molecule is C[C@@H]1C=CC(C#N)=C(F)C1. The van der Waals surface area contributed by atoms with Crippen molar-refractivity contribution in [1.29, 1.82) is 5.26 Å². The first kappa shape index (κ1) is 7.01. The lowest BCUT2D eigenvalue weighted by Gasteiger charge is -2.08. The van der Waals surface area contributed by atoms with Crippen LogP contribution in [0.15, 0.2) is 23.6 Å². The predicted molar refractivity (Wildman–Crippen MR) is 36.7 cm³/mol. The van der Waals surface area contributed by atoms with Gasteiger partial charge in [-0.3, -0.25) is 0 Å². The summed E-state index contributed by atoms with van der Waals surface area (Å²) in [5.74, 6) is -0.0467. The van der Waals surface area contributed by atoms with E-state index in [0.29, 0.717) is 6.42 Å². The number of allylic oxidation sites excluding steroid dienone is 4. The fourth-order valence-corrected chi connectivity index (χ4v) is 0.910. The maximum absolute atomic E-state index is 12.7. The minimum Gasteiger partial charge on any atom is -0.210 e. The van der Waals surface area contributed by atoms with Crippen LogP contribution in [0.4, 0.5) is 4.39 Å². The van der Waals surface area contributed by atoms with E-state index in [4.69, 9.17) is 5.26 Å². The van der Waals surface area contributed by atoms with Crippen LogP contribution in [0.1, 0.15) is 13.3 Å². The van der Waals surface area contributed by atoms with Gasteiger partial charge in [0.2, 0.25) is 0 Å². The summed E-state index contributed by atoms with van der Waals surface area (Å²) in [6.07, 6.45) is 3.77. The zero-order chi connectivity index (χ0) is 7.56. The second-order valence-corrected chi connectivity index (χ2v) is 2.47. The molecule has 0 aromatic rings. The summed E-state index contributed by atoms with van der Waals surface area (Å²) in [4.78, 5) is 0. The van der Waals surface area contributed by atoms with Crippen molar-refractivity contribution in [3.63, 3.8) is 0 Å². The highest BCUT2D eigenvalue weighted by molar-refractivity contribution is 5.38. The third-order valence-electron chi connectivity index (χ3n) is 1.51. The van der Waals surface area contributed by atoms with E-state index in [1.807, 2.05) is 13.0 Å². The molecule has 0 saturated heterocycles. The van der Waals surface area contributed by atoms with E-state index < -0.39 is 0 Å². The van der Waals surface area contributed by atoms with Gasteiger partial charge in [0, 0.05) is 6.42 Å². The number of nitrogens with zero attached hydrogens (tertiary/aromatic N) is 1. The minimum atomic E-state index is -0.280. The molecule has 0 aromatic heterocycles. The zero-order valence-electron chi connectivity index (χ0n) is 5.76. The standard InChI is InChI=1S/C8H8FN/c1-6-2-3-7(5-10)8(9)4-6/h2-3,6H,4H2,1H3/t6-/m1/s1. The van der Waals surface area contributed by atoms with Crippen LogP contribution in [-0.2, 0) is 0 Å². The monoisotopic (exact) mass is 137 g/mol. The smallest absolute Gasteiger partial charge is 0.118 e. The molecule has 0 fully saturated rings. The van der Waals surface area contributed by atoms with Crippen molar-refractivity contribution in [2.75, 3.05) is 0 Å². The van der Waals surface area contributed by atoms with E-state index in [9.17, 15) is 4.39 Å². The van der Waals surface area contributed by atoms with Crippen molar-refractivity contribution < 1.29 is 4.39 Å². The Morgan fingerprint density at radius 3 is 3.00 bits per heavy atom. The largest absolute Gasteiger partial charge is 0.210 e. The molecule has 1 aliphatic rings. The zero-order valence-corrected chi connectivity index (χ0v) is 5.76. The Balaban J connectivity index is 2.86. The van der Waals surface area contributed by atoms with E-state index in [1.54, 1.807) is 12.1 Å². The highest BCUT2D eigenvalue weighted by atomic mass is 19.1. The Labute approximate surface area is 59.5 Å². The fraction of sp³-hybridized carbons (Fsp3) is 0.375. The molecule has 0 radical (unpaired) electrons. The van der Waals surface area contributed by atoms with Gasteiger partial charge < -0.3 is 0 Å². The molecule has 1 nitrogen and oxygen atoms in total. The third kappa shape index (κ3) is 1.24. The molecule has 0 N–H and O–H groups in total. The predicted octanol–water partition coefficient (Wildman–Crippen LogP) is 2.33. The topological polar surface area (TPSA) is 23.8 Å². The van der Waals surface area contributed by atoms with Crippen molar-refractivity contribution >= 4 is 0 Å². The molecule has 2 heteroatoms. The average Bonchev–Trinajstić information content (AvgIpc) is 1.88. The van der Waals surface area contributed by atoms with Crippen LogP contribution in [0.25, 0.3) is 0 Å². The van der Waals surface area contributed by atoms with Gasteiger partial charge in [0.25, 0.3) is 0 Å². The lowest BCUT2D eigenvalue weighted by atomic mass is 9.98. The van der Waals surface area contributed by atoms with E-state index in [-0.39, 0.29) is 17.3 Å². The summed E-state index contributed by atoms with van der Waals surface area (Å²) in [6, 6.07) is 1.79. The fourth-order valence-electron chi connectivity index (χ4n) is 0.910. The second kappa shape index (κ2) is 2.66. The molecule has 0 saturated carbocycles. The molecule has 1 rings (SSSR count). The summed E-state index contributed by atoms with van der Waals surface area (Å²) < 4.78 is 12.7. The van der Waals surface area contributed by atoms with Gasteiger partial charge in [-0.1, -0.05) is 13.0 Å². The van der Waals surface area contributed by atoms with Crippen LogP contribution in [0.2, 0.25) is 0 Å². The Morgan fingerprint density at radius 1 is 1.80 bits per heavy atom. The Kier molecular flexibility index (Phi) is 1.86. The molecule has 0 bridgehead atoms. The number of rotatable bonds is 0. The quantitative estimate of drug-likeness (QED) is 0.502. The summed E-state index contributed by atoms with van der Waals surface area (Å²) in [7, 11) is 0. The van der Waals surface area contributed by atoms with Gasteiger partial charge in [-0.05, 0) is 12.0 Å². The second-order valence-electron chi connectivity index (χ2n) is 2.47. The first-order valence-corrected chi connectivity index (χ1v) is 3.21. The van der Waals surface area contributed by atoms with Gasteiger partial charge in [-0.25, -0.2) is 4.39 Å². The van der Waals surface area contributed by atoms with Crippen molar-refractivity contribution in [2.24, 2.45) is 5.92 Å². The first-order chi connectivity index (χ1) is 4.74. The van der Waals surface area contributed by atoms with Crippen LogP contribution in [-0.4, -0.2) is 0 Å². The number of halogens is 1. The Hall–Kier alpha value is -1.10. The summed E-state index contributed by atoms with van der Waals surface area (Å²) in [5.41, 5.74) is 0.179. The molecule has 0 amide bonds.